The van der Waals surface area contributed by atoms with Crippen LogP contribution in [0.2, 0.25) is 0 Å². The molecular formula is C25H34IN7. The van der Waals surface area contributed by atoms with E-state index in [0.717, 1.165) is 43.5 Å². The van der Waals surface area contributed by atoms with Crippen LogP contribution < -0.4 is 15.5 Å². The van der Waals surface area contributed by atoms with Gasteiger partial charge in [0.15, 0.2) is 11.8 Å². The molecule has 2 heterocycles. The second-order valence-corrected chi connectivity index (χ2v) is 8.41. The van der Waals surface area contributed by atoms with Crippen molar-refractivity contribution in [1.29, 1.82) is 0 Å². The monoisotopic (exact) mass is 559 g/mol. The second-order valence-electron chi connectivity index (χ2n) is 8.41. The third-order valence-corrected chi connectivity index (χ3v) is 6.17. The lowest BCUT2D eigenvalue weighted by Crippen LogP contribution is -2.49. The molecule has 0 bridgehead atoms. The molecule has 7 nitrogen and oxygen atoms in total. The van der Waals surface area contributed by atoms with Gasteiger partial charge in [0, 0.05) is 31.9 Å². The molecule has 2 N–H and O–H groups in total. The van der Waals surface area contributed by atoms with Gasteiger partial charge in [-0.15, -0.1) is 34.2 Å². The zero-order valence-electron chi connectivity index (χ0n) is 19.6. The summed E-state index contributed by atoms with van der Waals surface area (Å²) in [6, 6.07) is 21.6. The first-order chi connectivity index (χ1) is 15.6. The van der Waals surface area contributed by atoms with Crippen LogP contribution in [0.3, 0.4) is 0 Å². The fraction of sp³-hybridized carbons (Fsp3) is 0.400. The zero-order valence-corrected chi connectivity index (χ0v) is 21.9. The first-order valence-electron chi connectivity index (χ1n) is 11.4. The number of aromatic nitrogens is 3. The number of rotatable bonds is 6. The van der Waals surface area contributed by atoms with Crippen LogP contribution in [0.25, 0.3) is 0 Å². The Morgan fingerprint density at radius 1 is 1.03 bits per heavy atom. The minimum Gasteiger partial charge on any atom is -0.371 e. The van der Waals surface area contributed by atoms with Gasteiger partial charge in [-0.2, -0.15) is 0 Å². The van der Waals surface area contributed by atoms with Gasteiger partial charge in [0.2, 0.25) is 0 Å². The fourth-order valence-electron chi connectivity index (χ4n) is 4.02. The van der Waals surface area contributed by atoms with Crippen molar-refractivity contribution < 1.29 is 0 Å². The lowest BCUT2D eigenvalue weighted by molar-refractivity contribution is 0.458. The number of hydrogen-bond donors (Lipinski definition) is 2. The largest absolute Gasteiger partial charge is 0.371 e. The maximum Gasteiger partial charge on any atom is 0.192 e. The molecule has 0 spiro atoms. The van der Waals surface area contributed by atoms with Crippen molar-refractivity contribution >= 4 is 35.6 Å². The average molecular weight is 560 g/mol. The summed E-state index contributed by atoms with van der Waals surface area (Å²) in [6.45, 7) is 6.67. The van der Waals surface area contributed by atoms with Crippen LogP contribution in [0.1, 0.15) is 43.0 Å². The predicted octanol–water partition coefficient (Wildman–Crippen LogP) is 4.21. The Labute approximate surface area is 213 Å². The minimum atomic E-state index is 0. The quantitative estimate of drug-likeness (QED) is 0.269. The van der Waals surface area contributed by atoms with E-state index < -0.39 is 0 Å². The van der Waals surface area contributed by atoms with Gasteiger partial charge in [0.05, 0.1) is 6.04 Å². The van der Waals surface area contributed by atoms with Gasteiger partial charge in [-0.1, -0.05) is 48.5 Å². The number of nitrogens with zero attached hydrogens (tertiary/aromatic N) is 5. The minimum absolute atomic E-state index is 0. The van der Waals surface area contributed by atoms with Gasteiger partial charge in [-0.05, 0) is 44.4 Å². The summed E-state index contributed by atoms with van der Waals surface area (Å²) in [6.07, 6.45) is 2.14. The molecule has 0 saturated carbocycles. The van der Waals surface area contributed by atoms with E-state index in [4.69, 9.17) is 4.99 Å². The van der Waals surface area contributed by atoms with Crippen molar-refractivity contribution in [3.63, 3.8) is 0 Å². The number of para-hydroxylation sites is 1. The number of aliphatic imine (C=N–C) groups is 1. The van der Waals surface area contributed by atoms with E-state index in [0.29, 0.717) is 12.6 Å². The van der Waals surface area contributed by atoms with Crippen LogP contribution >= 0.6 is 24.0 Å². The highest BCUT2D eigenvalue weighted by Crippen LogP contribution is 2.19. The number of nitrogens with one attached hydrogen (secondary N) is 2. The highest BCUT2D eigenvalue weighted by molar-refractivity contribution is 14.0. The average Bonchev–Trinajstić information content (AvgIpc) is 3.16. The lowest BCUT2D eigenvalue weighted by Gasteiger charge is -2.35. The summed E-state index contributed by atoms with van der Waals surface area (Å²) < 4.78 is 1.99. The Balaban J connectivity index is 0.00000306. The van der Waals surface area contributed by atoms with Crippen LogP contribution in [-0.2, 0) is 13.6 Å². The van der Waals surface area contributed by atoms with Gasteiger partial charge in [0.1, 0.15) is 12.4 Å². The molecule has 1 saturated heterocycles. The van der Waals surface area contributed by atoms with Gasteiger partial charge >= 0.3 is 0 Å². The highest BCUT2D eigenvalue weighted by Gasteiger charge is 2.21. The summed E-state index contributed by atoms with van der Waals surface area (Å²) in [5.74, 6) is 2.57. The van der Waals surface area contributed by atoms with Crippen molar-refractivity contribution in [2.24, 2.45) is 12.0 Å². The molecule has 176 valence electrons. The molecule has 1 fully saturated rings. The number of piperidine rings is 1. The molecule has 1 aliphatic rings. The molecule has 4 rings (SSSR count). The molecule has 0 aliphatic carbocycles. The first kappa shape index (κ1) is 25.0. The Bertz CT molecular complexity index is 1010. The first-order valence-corrected chi connectivity index (χ1v) is 11.4. The molecule has 1 unspecified atom stereocenters. The van der Waals surface area contributed by atoms with Gasteiger partial charge < -0.3 is 20.1 Å². The van der Waals surface area contributed by atoms with E-state index in [9.17, 15) is 0 Å². The summed E-state index contributed by atoms with van der Waals surface area (Å²) in [4.78, 5) is 7.32. The Morgan fingerprint density at radius 3 is 2.27 bits per heavy atom. The van der Waals surface area contributed by atoms with Gasteiger partial charge in [-0.25, -0.2) is 4.99 Å². The topological polar surface area (TPSA) is 70.4 Å². The third kappa shape index (κ3) is 6.69. The Kier molecular flexibility index (Phi) is 9.11. The summed E-state index contributed by atoms with van der Waals surface area (Å²) in [5, 5.41) is 15.7. The van der Waals surface area contributed by atoms with E-state index >= 15 is 0 Å². The molecule has 0 radical (unpaired) electrons. The van der Waals surface area contributed by atoms with Crippen LogP contribution in [-0.4, -0.2) is 39.9 Å². The number of halogens is 1. The number of anilines is 1. The van der Waals surface area contributed by atoms with E-state index in [1.54, 1.807) is 0 Å². The molecule has 1 atom stereocenters. The Hall–Kier alpha value is -2.62. The maximum absolute atomic E-state index is 4.86. The lowest BCUT2D eigenvalue weighted by atomic mass is 10.0. The molecule has 1 aromatic heterocycles. The van der Waals surface area contributed by atoms with E-state index in [1.807, 2.05) is 24.6 Å². The fourth-order valence-corrected chi connectivity index (χ4v) is 4.02. The summed E-state index contributed by atoms with van der Waals surface area (Å²) in [5.41, 5.74) is 2.53. The molecule has 0 amide bonds. The number of benzene rings is 2. The smallest absolute Gasteiger partial charge is 0.192 e. The van der Waals surface area contributed by atoms with Crippen LogP contribution in [0.4, 0.5) is 5.69 Å². The van der Waals surface area contributed by atoms with Crippen molar-refractivity contribution in [1.82, 2.24) is 25.4 Å². The van der Waals surface area contributed by atoms with Gasteiger partial charge in [0.25, 0.3) is 0 Å². The predicted molar refractivity (Wildman–Crippen MR) is 145 cm³/mol. The third-order valence-electron chi connectivity index (χ3n) is 6.17. The Morgan fingerprint density at radius 2 is 1.67 bits per heavy atom. The van der Waals surface area contributed by atoms with E-state index in [-0.39, 0.29) is 30.0 Å². The van der Waals surface area contributed by atoms with E-state index in [1.165, 1.54) is 11.3 Å². The molecule has 8 heteroatoms. The van der Waals surface area contributed by atoms with Crippen LogP contribution in [0.5, 0.6) is 0 Å². The van der Waals surface area contributed by atoms with Crippen molar-refractivity contribution in [2.75, 3.05) is 18.0 Å². The molecule has 2 aromatic carbocycles. The van der Waals surface area contributed by atoms with Gasteiger partial charge in [-0.3, -0.25) is 0 Å². The number of aryl methyl sites for hydroxylation is 1. The van der Waals surface area contributed by atoms with Crippen molar-refractivity contribution in [3.05, 3.63) is 77.9 Å². The summed E-state index contributed by atoms with van der Waals surface area (Å²) >= 11 is 0. The standard InChI is InChI=1S/C25H33N7.HI/c1-19(21-10-6-4-7-11-21)27-25(26-18-24-30-29-20(2)31(24)3)28-22-14-16-32(17-15-22)23-12-8-5-9-13-23;/h4-13,19,22H,14-18H2,1-3H3,(H2,26,27,28);1H. The molecular weight excluding hydrogens is 525 g/mol. The zero-order chi connectivity index (χ0) is 22.3. The van der Waals surface area contributed by atoms with Crippen LogP contribution in [0.15, 0.2) is 65.7 Å². The number of hydrogen-bond acceptors (Lipinski definition) is 4. The normalized spacial score (nSPS) is 15.6. The molecule has 1 aliphatic heterocycles. The summed E-state index contributed by atoms with van der Waals surface area (Å²) in [7, 11) is 1.98. The molecule has 3 aromatic rings. The SMILES string of the molecule is Cc1nnc(CN=C(NC2CCN(c3ccccc3)CC2)NC(C)c2ccccc2)n1C.I. The van der Waals surface area contributed by atoms with Crippen molar-refractivity contribution in [3.8, 4) is 0 Å². The second kappa shape index (κ2) is 12.0. The van der Waals surface area contributed by atoms with Crippen LogP contribution in [0, 0.1) is 6.92 Å². The van der Waals surface area contributed by atoms with E-state index in [2.05, 4.69) is 87.3 Å². The van der Waals surface area contributed by atoms with Crippen molar-refractivity contribution in [2.45, 2.75) is 45.3 Å². The highest BCUT2D eigenvalue weighted by atomic mass is 127. The number of guanidine groups is 1. The molecule has 33 heavy (non-hydrogen) atoms. The maximum atomic E-state index is 4.86.